The number of hydrogen-bond acceptors (Lipinski definition) is 5. The van der Waals surface area contributed by atoms with Gasteiger partial charge < -0.3 is 9.84 Å². The zero-order chi connectivity index (χ0) is 17.1. The first kappa shape index (κ1) is 16.2. The largest absolute Gasteiger partial charge is 0.504 e. The van der Waals surface area contributed by atoms with Gasteiger partial charge in [-0.15, -0.1) is 0 Å². The third-order valence-electron chi connectivity index (χ3n) is 3.26. The van der Waals surface area contributed by atoms with E-state index in [4.69, 9.17) is 28.6 Å². The number of aromatic hydroxyl groups is 1. The molecule has 6 nitrogen and oxygen atoms in total. The molecule has 1 heterocycles. The predicted octanol–water partition coefficient (Wildman–Crippen LogP) is 3.86. The number of nitrogens with one attached hydrogen (secondary N) is 1. The first-order chi connectivity index (χ1) is 11.6. The standard InChI is InChI=1S/C16H13ClN4O2S/c1-23-14-7-10(5-6-13(14)22)9-18-21-15(19-20-16(21)24)11-3-2-4-12(17)8-11/h2-9,22H,1H3,(H,20,24). The second kappa shape index (κ2) is 6.86. The van der Waals surface area contributed by atoms with Gasteiger partial charge in [0.05, 0.1) is 13.3 Å². The molecule has 0 aliphatic heterocycles. The molecule has 2 N–H and O–H groups in total. The summed E-state index contributed by atoms with van der Waals surface area (Å²) in [6.45, 7) is 0. The number of benzene rings is 2. The molecule has 1 aromatic heterocycles. The molecular formula is C16H13ClN4O2S. The molecular weight excluding hydrogens is 348 g/mol. The van der Waals surface area contributed by atoms with Crippen LogP contribution < -0.4 is 4.74 Å². The van der Waals surface area contributed by atoms with Crippen molar-refractivity contribution in [2.45, 2.75) is 0 Å². The normalized spacial score (nSPS) is 11.1. The minimum Gasteiger partial charge on any atom is -0.504 e. The third-order valence-corrected chi connectivity index (χ3v) is 3.76. The van der Waals surface area contributed by atoms with Crippen LogP contribution in [0.4, 0.5) is 0 Å². The highest BCUT2D eigenvalue weighted by atomic mass is 35.5. The quantitative estimate of drug-likeness (QED) is 0.547. The van der Waals surface area contributed by atoms with Crippen LogP contribution in [0.2, 0.25) is 5.02 Å². The van der Waals surface area contributed by atoms with Gasteiger partial charge >= 0.3 is 0 Å². The fraction of sp³-hybridized carbons (Fsp3) is 0.0625. The van der Waals surface area contributed by atoms with E-state index in [2.05, 4.69) is 15.3 Å². The van der Waals surface area contributed by atoms with Crippen LogP contribution in [0.1, 0.15) is 5.56 Å². The summed E-state index contributed by atoms with van der Waals surface area (Å²) in [5, 5.41) is 21.5. The number of ether oxygens (including phenoxy) is 1. The van der Waals surface area contributed by atoms with Crippen LogP contribution in [0.5, 0.6) is 11.5 Å². The number of aromatic amines is 1. The molecule has 0 amide bonds. The lowest BCUT2D eigenvalue weighted by atomic mass is 10.2. The van der Waals surface area contributed by atoms with Crippen molar-refractivity contribution in [3.05, 3.63) is 57.8 Å². The summed E-state index contributed by atoms with van der Waals surface area (Å²) in [5.41, 5.74) is 1.53. The first-order valence-corrected chi connectivity index (χ1v) is 7.72. The van der Waals surface area contributed by atoms with E-state index >= 15 is 0 Å². The third kappa shape index (κ3) is 3.32. The first-order valence-electron chi connectivity index (χ1n) is 6.93. The molecule has 122 valence electrons. The number of hydrogen-bond donors (Lipinski definition) is 2. The van der Waals surface area contributed by atoms with Gasteiger partial charge in [0.15, 0.2) is 17.3 Å². The number of phenols is 1. The molecule has 0 spiro atoms. The van der Waals surface area contributed by atoms with Crippen molar-refractivity contribution in [3.63, 3.8) is 0 Å². The summed E-state index contributed by atoms with van der Waals surface area (Å²) in [4.78, 5) is 0. The van der Waals surface area contributed by atoms with Crippen LogP contribution in [-0.2, 0) is 0 Å². The van der Waals surface area contributed by atoms with Crippen molar-refractivity contribution in [2.75, 3.05) is 7.11 Å². The number of methoxy groups -OCH3 is 1. The lowest BCUT2D eigenvalue weighted by molar-refractivity contribution is 0.373. The maximum atomic E-state index is 9.63. The Morgan fingerprint density at radius 1 is 1.33 bits per heavy atom. The molecule has 0 saturated carbocycles. The summed E-state index contributed by atoms with van der Waals surface area (Å²) in [5.74, 6) is 0.975. The van der Waals surface area contributed by atoms with Crippen molar-refractivity contribution in [1.82, 2.24) is 14.9 Å². The van der Waals surface area contributed by atoms with Gasteiger partial charge in [-0.3, -0.25) is 0 Å². The van der Waals surface area contributed by atoms with E-state index < -0.39 is 0 Å². The number of phenolic OH excluding ortho intramolecular Hbond substituents is 1. The molecule has 0 atom stereocenters. The van der Waals surface area contributed by atoms with Gasteiger partial charge in [0.25, 0.3) is 0 Å². The Hall–Kier alpha value is -2.64. The maximum Gasteiger partial charge on any atom is 0.216 e. The Kier molecular flexibility index (Phi) is 4.64. The van der Waals surface area contributed by atoms with Crippen LogP contribution in [0, 0.1) is 4.77 Å². The maximum absolute atomic E-state index is 9.63. The van der Waals surface area contributed by atoms with E-state index in [1.807, 2.05) is 12.1 Å². The number of aromatic nitrogens is 3. The van der Waals surface area contributed by atoms with E-state index in [1.165, 1.54) is 17.9 Å². The molecule has 24 heavy (non-hydrogen) atoms. The van der Waals surface area contributed by atoms with Gasteiger partial charge in [0, 0.05) is 10.6 Å². The average molecular weight is 361 g/mol. The van der Waals surface area contributed by atoms with E-state index in [9.17, 15) is 5.11 Å². The minimum absolute atomic E-state index is 0.0641. The zero-order valence-electron chi connectivity index (χ0n) is 12.6. The van der Waals surface area contributed by atoms with Crippen molar-refractivity contribution in [2.24, 2.45) is 5.10 Å². The number of nitrogens with zero attached hydrogens (tertiary/aromatic N) is 3. The van der Waals surface area contributed by atoms with Gasteiger partial charge in [0.1, 0.15) is 0 Å². The highest BCUT2D eigenvalue weighted by Crippen LogP contribution is 2.26. The molecule has 0 saturated heterocycles. The Morgan fingerprint density at radius 3 is 2.92 bits per heavy atom. The summed E-state index contributed by atoms with van der Waals surface area (Å²) in [6, 6.07) is 12.2. The van der Waals surface area contributed by atoms with Crippen LogP contribution >= 0.6 is 23.8 Å². The monoisotopic (exact) mass is 360 g/mol. The molecule has 0 unspecified atom stereocenters. The van der Waals surface area contributed by atoms with Crippen molar-refractivity contribution < 1.29 is 9.84 Å². The van der Waals surface area contributed by atoms with Gasteiger partial charge in [-0.05, 0) is 48.1 Å². The molecule has 8 heteroatoms. The van der Waals surface area contributed by atoms with Gasteiger partial charge in [0.2, 0.25) is 4.77 Å². The zero-order valence-corrected chi connectivity index (χ0v) is 14.2. The van der Waals surface area contributed by atoms with Crippen molar-refractivity contribution in [1.29, 1.82) is 0 Å². The molecule has 0 bridgehead atoms. The number of H-pyrrole nitrogens is 1. The topological polar surface area (TPSA) is 75.4 Å². The fourth-order valence-electron chi connectivity index (χ4n) is 2.11. The number of rotatable bonds is 4. The Balaban J connectivity index is 1.99. The molecule has 3 aromatic rings. The lowest BCUT2D eigenvalue weighted by Crippen LogP contribution is -1.95. The Labute approximate surface area is 148 Å². The van der Waals surface area contributed by atoms with E-state index in [0.717, 1.165) is 11.1 Å². The molecule has 2 aromatic carbocycles. The lowest BCUT2D eigenvalue weighted by Gasteiger charge is -2.04. The van der Waals surface area contributed by atoms with E-state index in [-0.39, 0.29) is 5.75 Å². The van der Waals surface area contributed by atoms with Crippen molar-refractivity contribution in [3.8, 4) is 22.9 Å². The van der Waals surface area contributed by atoms with Crippen LogP contribution in [-0.4, -0.2) is 33.3 Å². The fourth-order valence-corrected chi connectivity index (χ4v) is 2.48. The molecule has 0 radical (unpaired) electrons. The molecule has 0 fully saturated rings. The Morgan fingerprint density at radius 2 is 2.17 bits per heavy atom. The summed E-state index contributed by atoms with van der Waals surface area (Å²) in [7, 11) is 1.49. The smallest absolute Gasteiger partial charge is 0.216 e. The Bertz CT molecular complexity index is 965. The summed E-state index contributed by atoms with van der Waals surface area (Å²) in [6.07, 6.45) is 1.60. The summed E-state index contributed by atoms with van der Waals surface area (Å²) >= 11 is 11.2. The second-order valence-corrected chi connectivity index (χ2v) is 5.67. The average Bonchev–Trinajstić information content (AvgIpc) is 2.95. The SMILES string of the molecule is COc1cc(C=Nn2c(-c3cccc(Cl)c3)n[nH]c2=S)ccc1O. The molecule has 3 rings (SSSR count). The predicted molar refractivity (Wildman–Crippen MR) is 95.5 cm³/mol. The van der Waals surface area contributed by atoms with Crippen LogP contribution in [0.15, 0.2) is 47.6 Å². The van der Waals surface area contributed by atoms with Gasteiger partial charge in [-0.2, -0.15) is 14.9 Å². The highest BCUT2D eigenvalue weighted by molar-refractivity contribution is 7.71. The van der Waals surface area contributed by atoms with E-state index in [0.29, 0.717) is 21.4 Å². The second-order valence-electron chi connectivity index (χ2n) is 4.85. The van der Waals surface area contributed by atoms with Crippen molar-refractivity contribution >= 4 is 30.0 Å². The molecule has 0 aliphatic carbocycles. The summed E-state index contributed by atoms with van der Waals surface area (Å²) < 4.78 is 6.93. The minimum atomic E-state index is 0.0641. The van der Waals surface area contributed by atoms with Crippen LogP contribution in [0.25, 0.3) is 11.4 Å². The van der Waals surface area contributed by atoms with Crippen LogP contribution in [0.3, 0.4) is 0 Å². The van der Waals surface area contributed by atoms with E-state index in [1.54, 1.807) is 30.5 Å². The van der Waals surface area contributed by atoms with Gasteiger partial charge in [-0.25, -0.2) is 5.10 Å². The number of halogens is 1. The van der Waals surface area contributed by atoms with Gasteiger partial charge in [-0.1, -0.05) is 23.7 Å². The highest BCUT2D eigenvalue weighted by Gasteiger charge is 2.08. The molecule has 0 aliphatic rings.